The van der Waals surface area contributed by atoms with E-state index in [1.54, 1.807) is 0 Å². The fourth-order valence-electron chi connectivity index (χ4n) is 4.09. The van der Waals surface area contributed by atoms with Gasteiger partial charge in [-0.3, -0.25) is 0 Å². The molecule has 0 spiro atoms. The van der Waals surface area contributed by atoms with Gasteiger partial charge in [0.1, 0.15) is 5.60 Å². The number of piperidine rings is 1. The van der Waals surface area contributed by atoms with Crippen molar-refractivity contribution in [1.29, 1.82) is 0 Å². The summed E-state index contributed by atoms with van der Waals surface area (Å²) in [6.45, 7) is 11.5. The van der Waals surface area contributed by atoms with Gasteiger partial charge in [0.2, 0.25) is 5.72 Å². The van der Waals surface area contributed by atoms with Crippen molar-refractivity contribution in [2.24, 2.45) is 22.9 Å². The lowest BCUT2D eigenvalue weighted by atomic mass is 10.1. The van der Waals surface area contributed by atoms with E-state index < -0.39 is 5.60 Å². The lowest BCUT2D eigenvalue weighted by Gasteiger charge is -2.32. The topological polar surface area (TPSA) is 54.4 Å². The molecule has 1 amide bonds. The Balaban J connectivity index is 1.38. The van der Waals surface area contributed by atoms with Crippen LogP contribution in [0.2, 0.25) is 0 Å². The van der Waals surface area contributed by atoms with Crippen molar-refractivity contribution in [2.75, 3.05) is 13.1 Å². The van der Waals surface area contributed by atoms with Gasteiger partial charge in [-0.05, 0) is 59.3 Å². The Kier molecular flexibility index (Phi) is 2.98. The fourth-order valence-corrected chi connectivity index (χ4v) is 4.09. The first-order chi connectivity index (χ1) is 10.7. The van der Waals surface area contributed by atoms with Gasteiger partial charge in [0.15, 0.2) is 5.84 Å². The van der Waals surface area contributed by atoms with Crippen LogP contribution in [0.4, 0.5) is 4.79 Å². The first-order valence-corrected chi connectivity index (χ1v) is 8.71. The summed E-state index contributed by atoms with van der Waals surface area (Å²) >= 11 is 0. The molecule has 0 aromatic heterocycles. The highest BCUT2D eigenvalue weighted by Gasteiger charge is 2.63. The Labute approximate surface area is 137 Å². The quantitative estimate of drug-likeness (QED) is 0.784. The smallest absolute Gasteiger partial charge is 0.410 e. The van der Waals surface area contributed by atoms with Crippen LogP contribution in [0.5, 0.6) is 0 Å². The van der Waals surface area contributed by atoms with Gasteiger partial charge in [0.25, 0.3) is 0 Å². The molecule has 2 heterocycles. The largest absolute Gasteiger partial charge is 0.444 e. The van der Waals surface area contributed by atoms with Crippen LogP contribution in [-0.4, -0.2) is 52.2 Å². The van der Waals surface area contributed by atoms with Crippen LogP contribution in [0.25, 0.3) is 0 Å². The number of oxime groups is 1. The Hall–Kier alpha value is -1.46. The molecule has 0 N–H and O–H groups in total. The minimum absolute atomic E-state index is 0.188. The summed E-state index contributed by atoms with van der Waals surface area (Å²) in [7, 11) is 0. The molecule has 1 saturated heterocycles. The lowest BCUT2D eigenvalue weighted by molar-refractivity contribution is -0.0718. The van der Waals surface area contributed by atoms with Crippen LogP contribution < -0.4 is 0 Å². The minimum Gasteiger partial charge on any atom is -0.444 e. The lowest BCUT2D eigenvalue weighted by Crippen LogP contribution is -2.47. The van der Waals surface area contributed by atoms with Gasteiger partial charge in [0.05, 0.1) is 0 Å². The number of carbonyl (C=O) groups excluding carboxylic acids is 1. The Morgan fingerprint density at radius 3 is 2.39 bits per heavy atom. The number of rotatable bonds is 2. The van der Waals surface area contributed by atoms with E-state index in [0.717, 1.165) is 18.9 Å². The van der Waals surface area contributed by atoms with E-state index in [0.29, 0.717) is 23.8 Å². The van der Waals surface area contributed by atoms with Crippen molar-refractivity contribution in [3.63, 3.8) is 0 Å². The van der Waals surface area contributed by atoms with Crippen LogP contribution in [0.15, 0.2) is 5.16 Å². The summed E-state index contributed by atoms with van der Waals surface area (Å²) < 4.78 is 5.48. The van der Waals surface area contributed by atoms with E-state index in [1.807, 2.05) is 25.7 Å². The standard InChI is InChI=1S/C17H27N3O3/c1-16(2,3)22-15(21)19-8-11-12(9-19)13(11)14-18-23-17(4,5)20(14)10-6-7-10/h10-13H,6-9H2,1-5H3/t11-,12+,13?. The van der Waals surface area contributed by atoms with E-state index in [1.165, 1.54) is 12.8 Å². The van der Waals surface area contributed by atoms with Crippen LogP contribution >= 0.6 is 0 Å². The van der Waals surface area contributed by atoms with E-state index in [4.69, 9.17) is 9.57 Å². The molecule has 6 nitrogen and oxygen atoms in total. The molecule has 3 atom stereocenters. The highest BCUT2D eigenvalue weighted by molar-refractivity contribution is 5.90. The zero-order valence-corrected chi connectivity index (χ0v) is 14.7. The fraction of sp³-hybridized carbons (Fsp3) is 0.882. The third-order valence-corrected chi connectivity index (χ3v) is 5.25. The van der Waals surface area contributed by atoms with Gasteiger partial charge in [-0.25, -0.2) is 4.79 Å². The number of amidine groups is 1. The molecule has 23 heavy (non-hydrogen) atoms. The SMILES string of the molecule is CC(C)(C)OC(=O)N1C[C@@H]2C(C3=NOC(C)(C)N3C3CC3)[C@@H]2C1. The first kappa shape index (κ1) is 15.1. The molecule has 0 aromatic carbocycles. The second kappa shape index (κ2) is 4.54. The van der Waals surface area contributed by atoms with E-state index in [2.05, 4.69) is 23.9 Å². The molecule has 0 aromatic rings. The predicted molar refractivity (Wildman–Crippen MR) is 85.7 cm³/mol. The zero-order valence-electron chi connectivity index (χ0n) is 14.7. The molecule has 0 radical (unpaired) electrons. The number of hydrogen-bond donors (Lipinski definition) is 0. The van der Waals surface area contributed by atoms with Crippen molar-refractivity contribution < 1.29 is 14.4 Å². The number of fused-ring (bicyclic) bond motifs is 1. The van der Waals surface area contributed by atoms with Gasteiger partial charge in [-0.15, -0.1) is 0 Å². The Morgan fingerprint density at radius 1 is 1.26 bits per heavy atom. The van der Waals surface area contributed by atoms with Crippen LogP contribution in [0.1, 0.15) is 47.5 Å². The predicted octanol–water partition coefficient (Wildman–Crippen LogP) is 2.64. The van der Waals surface area contributed by atoms with Crippen molar-refractivity contribution >= 4 is 11.9 Å². The van der Waals surface area contributed by atoms with E-state index in [9.17, 15) is 4.79 Å². The molecule has 1 unspecified atom stereocenters. The molecule has 2 saturated carbocycles. The number of ether oxygens (including phenoxy) is 1. The second-order valence-corrected chi connectivity index (χ2v) is 8.83. The third-order valence-electron chi connectivity index (χ3n) is 5.25. The van der Waals surface area contributed by atoms with E-state index in [-0.39, 0.29) is 11.8 Å². The molecule has 128 valence electrons. The molecule has 2 aliphatic heterocycles. The maximum absolute atomic E-state index is 12.2. The molecule has 6 heteroatoms. The summed E-state index contributed by atoms with van der Waals surface area (Å²) in [4.78, 5) is 22.1. The number of amides is 1. The normalized spacial score (nSPS) is 34.8. The average molecular weight is 321 g/mol. The molecule has 0 bridgehead atoms. The molecular formula is C17H27N3O3. The highest BCUT2D eigenvalue weighted by Crippen LogP contribution is 2.55. The maximum Gasteiger partial charge on any atom is 0.410 e. The summed E-state index contributed by atoms with van der Waals surface area (Å²) in [5.74, 6) is 2.60. The average Bonchev–Trinajstić information content (AvgIpc) is 3.28. The van der Waals surface area contributed by atoms with Crippen molar-refractivity contribution in [3.05, 3.63) is 0 Å². The molecule has 4 rings (SSSR count). The second-order valence-electron chi connectivity index (χ2n) is 8.83. The Morgan fingerprint density at radius 2 is 1.87 bits per heavy atom. The van der Waals surface area contributed by atoms with Crippen molar-refractivity contribution in [3.8, 4) is 0 Å². The molecule has 4 aliphatic rings. The minimum atomic E-state index is -0.431. The zero-order chi connectivity index (χ0) is 16.6. The molecule has 2 aliphatic carbocycles. The van der Waals surface area contributed by atoms with Gasteiger partial charge in [-0.1, -0.05) is 5.16 Å². The van der Waals surface area contributed by atoms with Gasteiger partial charge < -0.3 is 19.4 Å². The maximum atomic E-state index is 12.2. The Bertz CT molecular complexity index is 550. The number of likely N-dealkylation sites (tertiary alicyclic amines) is 1. The van der Waals surface area contributed by atoms with Crippen LogP contribution in [-0.2, 0) is 9.57 Å². The van der Waals surface area contributed by atoms with Gasteiger partial charge in [0, 0.05) is 25.0 Å². The van der Waals surface area contributed by atoms with Crippen molar-refractivity contribution in [2.45, 2.75) is 64.8 Å². The summed E-state index contributed by atoms with van der Waals surface area (Å²) in [5.41, 5.74) is -0.752. The number of nitrogens with zero attached hydrogens (tertiary/aromatic N) is 3. The summed E-state index contributed by atoms with van der Waals surface area (Å²) in [6.07, 6.45) is 2.28. The first-order valence-electron chi connectivity index (χ1n) is 8.71. The number of carbonyl (C=O) groups is 1. The third kappa shape index (κ3) is 2.56. The van der Waals surface area contributed by atoms with Crippen LogP contribution in [0, 0.1) is 17.8 Å². The highest BCUT2D eigenvalue weighted by atomic mass is 16.7. The molecule has 3 fully saturated rings. The number of hydrogen-bond acceptors (Lipinski definition) is 5. The summed E-state index contributed by atoms with van der Waals surface area (Å²) in [6, 6.07) is 0.592. The van der Waals surface area contributed by atoms with Crippen LogP contribution in [0.3, 0.4) is 0 Å². The van der Waals surface area contributed by atoms with Crippen molar-refractivity contribution in [1.82, 2.24) is 9.80 Å². The monoisotopic (exact) mass is 321 g/mol. The summed E-state index contributed by atoms with van der Waals surface area (Å²) in [5, 5.41) is 4.41. The van der Waals surface area contributed by atoms with Gasteiger partial charge in [-0.2, -0.15) is 0 Å². The van der Waals surface area contributed by atoms with Gasteiger partial charge >= 0.3 is 6.09 Å². The molecular weight excluding hydrogens is 294 g/mol. The van der Waals surface area contributed by atoms with E-state index >= 15 is 0 Å².